The molecule has 0 bridgehead atoms. The second-order valence-corrected chi connectivity index (χ2v) is 5.18. The van der Waals surface area contributed by atoms with Gasteiger partial charge in [0.05, 0.1) is 11.7 Å². The fourth-order valence-corrected chi connectivity index (χ4v) is 2.28. The van der Waals surface area contributed by atoms with Crippen LogP contribution in [0.1, 0.15) is 29.2 Å². The average molecular weight is 301 g/mol. The van der Waals surface area contributed by atoms with Crippen molar-refractivity contribution in [1.29, 1.82) is 0 Å². The van der Waals surface area contributed by atoms with Gasteiger partial charge in [-0.1, -0.05) is 17.7 Å². The van der Waals surface area contributed by atoms with Crippen molar-refractivity contribution in [2.45, 2.75) is 13.0 Å². The number of nitrogens with zero attached hydrogens (tertiary/aromatic N) is 1. The third-order valence-electron chi connectivity index (χ3n) is 3.18. The van der Waals surface area contributed by atoms with E-state index in [1.54, 1.807) is 30.5 Å². The topological polar surface area (TPSA) is 55.1 Å². The highest BCUT2D eigenvalue weighted by Crippen LogP contribution is 2.23. The van der Waals surface area contributed by atoms with E-state index >= 15 is 0 Å². The molecule has 1 aromatic carbocycles. The standard InChI is InChI=1S/C16H13ClN2O2/c1-10(13-4-2-3-7-18-13)19-16(20)15-9-11-8-12(17)5-6-14(11)21-15/h2-10H,1H3,(H,19,20). The Balaban J connectivity index is 1.80. The maximum absolute atomic E-state index is 12.2. The monoisotopic (exact) mass is 300 g/mol. The molecule has 0 aliphatic heterocycles. The lowest BCUT2D eigenvalue weighted by Gasteiger charge is -2.11. The van der Waals surface area contributed by atoms with Gasteiger partial charge in [-0.3, -0.25) is 9.78 Å². The summed E-state index contributed by atoms with van der Waals surface area (Å²) < 4.78 is 5.53. The minimum Gasteiger partial charge on any atom is -0.451 e. The molecule has 3 rings (SSSR count). The number of aromatic nitrogens is 1. The maximum atomic E-state index is 12.2. The molecule has 3 aromatic rings. The number of rotatable bonds is 3. The lowest BCUT2D eigenvalue weighted by molar-refractivity contribution is 0.0913. The molecule has 1 atom stereocenters. The van der Waals surface area contributed by atoms with Gasteiger partial charge in [-0.25, -0.2) is 0 Å². The second kappa shape index (κ2) is 5.58. The summed E-state index contributed by atoms with van der Waals surface area (Å²) in [6.45, 7) is 1.87. The lowest BCUT2D eigenvalue weighted by Crippen LogP contribution is -2.26. The van der Waals surface area contributed by atoms with Crippen LogP contribution in [-0.4, -0.2) is 10.9 Å². The van der Waals surface area contributed by atoms with Crippen LogP contribution in [0.4, 0.5) is 0 Å². The zero-order valence-corrected chi connectivity index (χ0v) is 12.1. The van der Waals surface area contributed by atoms with Gasteiger partial charge in [-0.2, -0.15) is 0 Å². The molecule has 21 heavy (non-hydrogen) atoms. The molecule has 5 heteroatoms. The van der Waals surface area contributed by atoms with Crippen molar-refractivity contribution in [3.05, 3.63) is 65.1 Å². The first-order valence-corrected chi connectivity index (χ1v) is 6.92. The molecule has 0 aliphatic rings. The van der Waals surface area contributed by atoms with Gasteiger partial charge in [0.1, 0.15) is 5.58 Å². The van der Waals surface area contributed by atoms with E-state index in [2.05, 4.69) is 10.3 Å². The summed E-state index contributed by atoms with van der Waals surface area (Å²) in [6, 6.07) is 12.3. The SMILES string of the molecule is CC(NC(=O)c1cc2cc(Cl)ccc2o1)c1ccccn1. The van der Waals surface area contributed by atoms with Crippen molar-refractivity contribution in [1.82, 2.24) is 10.3 Å². The summed E-state index contributed by atoms with van der Waals surface area (Å²) in [5.41, 5.74) is 1.43. The number of carbonyl (C=O) groups is 1. The van der Waals surface area contributed by atoms with Gasteiger partial charge < -0.3 is 9.73 Å². The average Bonchev–Trinajstić information content (AvgIpc) is 2.91. The van der Waals surface area contributed by atoms with E-state index in [9.17, 15) is 4.79 Å². The molecular weight excluding hydrogens is 288 g/mol. The zero-order chi connectivity index (χ0) is 14.8. The fourth-order valence-electron chi connectivity index (χ4n) is 2.10. The molecule has 0 fully saturated rings. The summed E-state index contributed by atoms with van der Waals surface area (Å²) in [6.07, 6.45) is 1.70. The van der Waals surface area contributed by atoms with Crippen LogP contribution < -0.4 is 5.32 Å². The van der Waals surface area contributed by atoms with Gasteiger partial charge in [0.15, 0.2) is 5.76 Å². The highest BCUT2D eigenvalue weighted by atomic mass is 35.5. The highest BCUT2D eigenvalue weighted by molar-refractivity contribution is 6.31. The van der Waals surface area contributed by atoms with Crippen LogP contribution in [0.3, 0.4) is 0 Å². The summed E-state index contributed by atoms with van der Waals surface area (Å²) in [5.74, 6) is -0.0180. The number of fused-ring (bicyclic) bond motifs is 1. The van der Waals surface area contributed by atoms with Crippen molar-refractivity contribution in [2.24, 2.45) is 0 Å². The number of furan rings is 1. The number of amides is 1. The van der Waals surface area contributed by atoms with E-state index in [4.69, 9.17) is 16.0 Å². The van der Waals surface area contributed by atoms with Crippen molar-refractivity contribution in [3.63, 3.8) is 0 Å². The van der Waals surface area contributed by atoms with Crippen LogP contribution in [-0.2, 0) is 0 Å². The lowest BCUT2D eigenvalue weighted by atomic mass is 10.2. The van der Waals surface area contributed by atoms with Crippen molar-refractivity contribution in [3.8, 4) is 0 Å². The van der Waals surface area contributed by atoms with Crippen molar-refractivity contribution < 1.29 is 9.21 Å². The van der Waals surface area contributed by atoms with Gasteiger partial charge in [0.2, 0.25) is 0 Å². The minimum atomic E-state index is -0.277. The first-order chi connectivity index (χ1) is 10.1. The largest absolute Gasteiger partial charge is 0.451 e. The summed E-state index contributed by atoms with van der Waals surface area (Å²) in [4.78, 5) is 16.4. The normalized spacial score (nSPS) is 12.3. The summed E-state index contributed by atoms with van der Waals surface area (Å²) >= 11 is 5.92. The van der Waals surface area contributed by atoms with Crippen LogP contribution in [0, 0.1) is 0 Å². The molecule has 1 N–H and O–H groups in total. The van der Waals surface area contributed by atoms with Crippen LogP contribution >= 0.6 is 11.6 Å². The first-order valence-electron chi connectivity index (χ1n) is 6.54. The van der Waals surface area contributed by atoms with E-state index in [1.807, 2.05) is 25.1 Å². The van der Waals surface area contributed by atoms with Crippen LogP contribution in [0.2, 0.25) is 5.02 Å². The molecule has 0 saturated carbocycles. The Kier molecular flexibility index (Phi) is 3.62. The maximum Gasteiger partial charge on any atom is 0.287 e. The molecule has 1 unspecified atom stereocenters. The predicted octanol–water partition coefficient (Wildman–Crippen LogP) is 3.97. The molecule has 106 valence electrons. The van der Waals surface area contributed by atoms with Crippen LogP contribution in [0.25, 0.3) is 11.0 Å². The molecular formula is C16H13ClN2O2. The van der Waals surface area contributed by atoms with Gasteiger partial charge in [0, 0.05) is 16.6 Å². The summed E-state index contributed by atoms with van der Waals surface area (Å²) in [5, 5.41) is 4.27. The molecule has 0 saturated heterocycles. The number of carbonyl (C=O) groups excluding carboxylic acids is 1. The number of nitrogens with one attached hydrogen (secondary N) is 1. The molecule has 4 nitrogen and oxygen atoms in total. The van der Waals surface area contributed by atoms with Crippen molar-refractivity contribution >= 4 is 28.5 Å². The van der Waals surface area contributed by atoms with Gasteiger partial charge in [-0.05, 0) is 43.3 Å². The van der Waals surface area contributed by atoms with Crippen molar-refractivity contribution in [2.75, 3.05) is 0 Å². The fraction of sp³-hybridized carbons (Fsp3) is 0.125. The van der Waals surface area contributed by atoms with E-state index in [0.717, 1.165) is 11.1 Å². The van der Waals surface area contributed by atoms with Gasteiger partial charge in [0.25, 0.3) is 5.91 Å². The van der Waals surface area contributed by atoms with Gasteiger partial charge >= 0.3 is 0 Å². The van der Waals surface area contributed by atoms with Crippen LogP contribution in [0.15, 0.2) is 53.1 Å². The zero-order valence-electron chi connectivity index (χ0n) is 11.3. The number of halogens is 1. The first kappa shape index (κ1) is 13.6. The Labute approximate surface area is 126 Å². The smallest absolute Gasteiger partial charge is 0.287 e. The molecule has 0 aliphatic carbocycles. The van der Waals surface area contributed by atoms with Gasteiger partial charge in [-0.15, -0.1) is 0 Å². The Morgan fingerprint density at radius 2 is 2.14 bits per heavy atom. The highest BCUT2D eigenvalue weighted by Gasteiger charge is 2.16. The third-order valence-corrected chi connectivity index (χ3v) is 3.42. The number of hydrogen-bond donors (Lipinski definition) is 1. The van der Waals surface area contributed by atoms with E-state index in [-0.39, 0.29) is 17.7 Å². The Morgan fingerprint density at radius 1 is 1.29 bits per heavy atom. The Bertz CT molecular complexity index is 783. The number of benzene rings is 1. The van der Waals surface area contributed by atoms with E-state index < -0.39 is 0 Å². The quantitative estimate of drug-likeness (QED) is 0.796. The molecule has 2 aromatic heterocycles. The Hall–Kier alpha value is -2.33. The second-order valence-electron chi connectivity index (χ2n) is 4.74. The third kappa shape index (κ3) is 2.90. The summed E-state index contributed by atoms with van der Waals surface area (Å²) in [7, 11) is 0. The molecule has 0 spiro atoms. The van der Waals surface area contributed by atoms with E-state index in [1.165, 1.54) is 0 Å². The molecule has 0 radical (unpaired) electrons. The Morgan fingerprint density at radius 3 is 2.90 bits per heavy atom. The van der Waals surface area contributed by atoms with E-state index in [0.29, 0.717) is 10.6 Å². The predicted molar refractivity (Wildman–Crippen MR) is 81.3 cm³/mol. The number of pyridine rings is 1. The molecule has 2 heterocycles. The molecule has 1 amide bonds. The number of hydrogen-bond acceptors (Lipinski definition) is 3. The minimum absolute atomic E-state index is 0.199. The van der Waals surface area contributed by atoms with Crippen LogP contribution in [0.5, 0.6) is 0 Å².